The molecule has 7 nitrogen and oxygen atoms in total. The van der Waals surface area contributed by atoms with Gasteiger partial charge in [0.2, 0.25) is 0 Å². The average molecular weight is 401 g/mol. The third-order valence-corrected chi connectivity index (χ3v) is 4.72. The minimum absolute atomic E-state index is 0.0322. The molecule has 3 rings (SSSR count). The van der Waals surface area contributed by atoms with Crippen LogP contribution in [0.25, 0.3) is 4.96 Å². The van der Waals surface area contributed by atoms with Gasteiger partial charge in [0, 0.05) is 17.8 Å². The van der Waals surface area contributed by atoms with Gasteiger partial charge in [-0.15, -0.1) is 11.3 Å². The topological polar surface area (TPSA) is 85.6 Å². The van der Waals surface area contributed by atoms with Crippen LogP contribution in [-0.2, 0) is 20.7 Å². The first-order valence-corrected chi connectivity index (χ1v) is 8.57. The zero-order chi connectivity index (χ0) is 15.5. The Balaban J connectivity index is 1.47. The van der Waals surface area contributed by atoms with Crippen molar-refractivity contribution >= 4 is 60.6 Å². The zero-order valence-corrected chi connectivity index (χ0v) is 14.2. The van der Waals surface area contributed by atoms with Crippen molar-refractivity contribution in [3.8, 4) is 0 Å². The van der Waals surface area contributed by atoms with Crippen LogP contribution in [0.15, 0.2) is 27.8 Å². The Bertz CT molecular complexity index is 797. The molecule has 0 aliphatic heterocycles. The predicted octanol–water partition coefficient (Wildman–Crippen LogP) is 2.34. The molecule has 3 heterocycles. The molecule has 22 heavy (non-hydrogen) atoms. The van der Waals surface area contributed by atoms with Crippen molar-refractivity contribution < 1.29 is 14.3 Å². The van der Waals surface area contributed by atoms with Gasteiger partial charge in [-0.3, -0.25) is 19.3 Å². The molecule has 0 saturated heterocycles. The summed E-state index contributed by atoms with van der Waals surface area (Å²) in [5, 5.41) is 4.90. The SMILES string of the molecule is O=C(COC(=O)Cc1cn2ccsc2n1)Nc1ncc(Br)s1. The zero-order valence-electron chi connectivity index (χ0n) is 11.0. The van der Waals surface area contributed by atoms with Crippen molar-refractivity contribution in [1.29, 1.82) is 0 Å². The maximum atomic E-state index is 11.7. The van der Waals surface area contributed by atoms with E-state index in [1.165, 1.54) is 22.7 Å². The number of thiazole rings is 2. The number of rotatable bonds is 5. The van der Waals surface area contributed by atoms with E-state index in [1.54, 1.807) is 12.4 Å². The standard InChI is InChI=1S/C12H9BrN4O3S2/c13-8-4-14-11(22-8)16-9(18)6-20-10(19)3-7-5-17-1-2-21-12(17)15-7/h1-2,4-5H,3,6H2,(H,14,16,18). The van der Waals surface area contributed by atoms with Crippen LogP contribution in [0.3, 0.4) is 0 Å². The molecule has 0 aliphatic rings. The lowest BCUT2D eigenvalue weighted by Crippen LogP contribution is -2.21. The van der Waals surface area contributed by atoms with Gasteiger partial charge in [-0.25, -0.2) is 9.97 Å². The lowest BCUT2D eigenvalue weighted by molar-refractivity contribution is -0.146. The molecule has 114 valence electrons. The highest BCUT2D eigenvalue weighted by Gasteiger charge is 2.12. The van der Waals surface area contributed by atoms with Crippen LogP contribution >= 0.6 is 38.6 Å². The fourth-order valence-electron chi connectivity index (χ4n) is 1.67. The summed E-state index contributed by atoms with van der Waals surface area (Å²) in [6.45, 7) is -0.349. The van der Waals surface area contributed by atoms with E-state index >= 15 is 0 Å². The van der Waals surface area contributed by atoms with Crippen LogP contribution in [0.2, 0.25) is 0 Å². The van der Waals surface area contributed by atoms with Crippen LogP contribution in [-0.4, -0.2) is 32.9 Å². The number of carbonyl (C=O) groups is 2. The van der Waals surface area contributed by atoms with Crippen molar-refractivity contribution in [3.63, 3.8) is 0 Å². The number of halogens is 1. The smallest absolute Gasteiger partial charge is 0.312 e. The Morgan fingerprint density at radius 3 is 3.05 bits per heavy atom. The van der Waals surface area contributed by atoms with E-state index in [9.17, 15) is 9.59 Å². The molecule has 0 fully saturated rings. The van der Waals surface area contributed by atoms with E-state index in [2.05, 4.69) is 31.2 Å². The molecule has 3 aromatic heterocycles. The largest absolute Gasteiger partial charge is 0.455 e. The molecule has 0 unspecified atom stereocenters. The molecule has 0 saturated carbocycles. The summed E-state index contributed by atoms with van der Waals surface area (Å²) in [5.74, 6) is -0.928. The summed E-state index contributed by atoms with van der Waals surface area (Å²) in [6, 6.07) is 0. The summed E-state index contributed by atoms with van der Waals surface area (Å²) in [4.78, 5) is 32.4. The third-order valence-electron chi connectivity index (χ3n) is 2.56. The Hall–Kier alpha value is -1.78. The molecule has 0 bridgehead atoms. The lowest BCUT2D eigenvalue weighted by Gasteiger charge is -2.03. The van der Waals surface area contributed by atoms with Crippen LogP contribution in [0.1, 0.15) is 5.69 Å². The number of ether oxygens (including phenoxy) is 1. The van der Waals surface area contributed by atoms with Gasteiger partial charge >= 0.3 is 5.97 Å². The van der Waals surface area contributed by atoms with Gasteiger partial charge in [0.1, 0.15) is 0 Å². The molecular weight excluding hydrogens is 392 g/mol. The average Bonchev–Trinajstić information content (AvgIpc) is 3.13. The third kappa shape index (κ3) is 3.70. The number of carbonyl (C=O) groups excluding carboxylic acids is 2. The molecular formula is C12H9BrN4O3S2. The maximum Gasteiger partial charge on any atom is 0.312 e. The molecule has 1 amide bonds. The Morgan fingerprint density at radius 1 is 1.45 bits per heavy atom. The molecule has 0 aliphatic carbocycles. The molecule has 0 atom stereocenters. The van der Waals surface area contributed by atoms with Gasteiger partial charge in [-0.05, 0) is 15.9 Å². The quantitative estimate of drug-likeness (QED) is 0.664. The first kappa shape index (κ1) is 15.1. The Morgan fingerprint density at radius 2 is 2.32 bits per heavy atom. The van der Waals surface area contributed by atoms with Crippen molar-refractivity contribution in [2.45, 2.75) is 6.42 Å². The van der Waals surface area contributed by atoms with E-state index in [0.717, 1.165) is 8.75 Å². The van der Waals surface area contributed by atoms with Gasteiger partial charge in [0.15, 0.2) is 16.7 Å². The molecule has 0 radical (unpaired) electrons. The molecule has 3 aromatic rings. The number of aromatic nitrogens is 3. The second kappa shape index (κ2) is 6.55. The molecule has 1 N–H and O–H groups in total. The van der Waals surface area contributed by atoms with Crippen LogP contribution in [0.5, 0.6) is 0 Å². The Kier molecular flexibility index (Phi) is 4.50. The lowest BCUT2D eigenvalue weighted by atomic mass is 10.3. The highest BCUT2D eigenvalue weighted by molar-refractivity contribution is 9.11. The normalized spacial score (nSPS) is 10.8. The number of anilines is 1. The number of fused-ring (bicyclic) bond motifs is 1. The fourth-order valence-corrected chi connectivity index (χ4v) is 3.52. The van der Waals surface area contributed by atoms with Crippen LogP contribution < -0.4 is 5.32 Å². The van der Waals surface area contributed by atoms with Gasteiger partial charge < -0.3 is 4.74 Å². The molecule has 0 spiro atoms. The number of nitrogens with one attached hydrogen (secondary N) is 1. The van der Waals surface area contributed by atoms with E-state index in [4.69, 9.17) is 4.74 Å². The van der Waals surface area contributed by atoms with Crippen molar-refractivity contribution in [3.05, 3.63) is 33.5 Å². The van der Waals surface area contributed by atoms with Crippen molar-refractivity contribution in [1.82, 2.24) is 14.4 Å². The fraction of sp³-hybridized carbons (Fsp3) is 0.167. The predicted molar refractivity (Wildman–Crippen MR) is 86.2 cm³/mol. The monoisotopic (exact) mass is 400 g/mol. The molecule has 10 heteroatoms. The van der Waals surface area contributed by atoms with E-state index in [-0.39, 0.29) is 13.0 Å². The van der Waals surface area contributed by atoms with Crippen LogP contribution in [0, 0.1) is 0 Å². The first-order chi connectivity index (χ1) is 10.6. The summed E-state index contributed by atoms with van der Waals surface area (Å²) in [7, 11) is 0. The summed E-state index contributed by atoms with van der Waals surface area (Å²) >= 11 is 6.00. The van der Waals surface area contributed by atoms with E-state index < -0.39 is 11.9 Å². The Labute approximate surface area is 141 Å². The highest BCUT2D eigenvalue weighted by Crippen LogP contribution is 2.22. The number of hydrogen-bond donors (Lipinski definition) is 1. The van der Waals surface area contributed by atoms with Gasteiger partial charge in [-0.2, -0.15) is 0 Å². The van der Waals surface area contributed by atoms with Gasteiger partial charge in [-0.1, -0.05) is 11.3 Å². The van der Waals surface area contributed by atoms with Gasteiger partial charge in [0.05, 0.1) is 22.1 Å². The van der Waals surface area contributed by atoms with Crippen molar-refractivity contribution in [2.24, 2.45) is 0 Å². The number of amides is 1. The number of esters is 1. The second-order valence-corrected chi connectivity index (χ2v) is 7.46. The summed E-state index contributed by atoms with van der Waals surface area (Å²) in [5.41, 5.74) is 0.612. The first-order valence-electron chi connectivity index (χ1n) is 6.08. The summed E-state index contributed by atoms with van der Waals surface area (Å²) < 4.78 is 7.57. The highest BCUT2D eigenvalue weighted by atomic mass is 79.9. The summed E-state index contributed by atoms with van der Waals surface area (Å²) in [6.07, 6.45) is 5.24. The minimum atomic E-state index is -0.499. The minimum Gasteiger partial charge on any atom is -0.455 e. The number of nitrogens with zero attached hydrogens (tertiary/aromatic N) is 3. The molecule has 0 aromatic carbocycles. The number of hydrogen-bond acceptors (Lipinski definition) is 7. The van der Waals surface area contributed by atoms with E-state index in [0.29, 0.717) is 10.8 Å². The maximum absolute atomic E-state index is 11.7. The van der Waals surface area contributed by atoms with E-state index in [1.807, 2.05) is 16.0 Å². The second-order valence-electron chi connectivity index (χ2n) is 4.18. The number of imidazole rings is 1. The van der Waals surface area contributed by atoms with Crippen molar-refractivity contribution in [2.75, 3.05) is 11.9 Å². The van der Waals surface area contributed by atoms with Gasteiger partial charge in [0.25, 0.3) is 5.91 Å². The van der Waals surface area contributed by atoms with Crippen LogP contribution in [0.4, 0.5) is 5.13 Å².